The number of hydrogen-bond acceptors (Lipinski definition) is 2. The van der Waals surface area contributed by atoms with Crippen LogP contribution >= 0.6 is 23.2 Å². The summed E-state index contributed by atoms with van der Waals surface area (Å²) in [5, 5.41) is 0.690. The molecule has 0 aromatic carbocycles. The van der Waals surface area contributed by atoms with Crippen molar-refractivity contribution in [1.82, 2.24) is 4.98 Å². The fourth-order valence-corrected chi connectivity index (χ4v) is 1.27. The maximum Gasteiger partial charge on any atom is 0.135 e. The van der Waals surface area contributed by atoms with Crippen molar-refractivity contribution in [2.75, 3.05) is 0 Å². The Morgan fingerprint density at radius 2 is 2.17 bits per heavy atom. The molecule has 0 spiro atoms. The molecule has 0 saturated heterocycles. The van der Waals surface area contributed by atoms with Crippen molar-refractivity contribution in [2.24, 2.45) is 5.73 Å². The van der Waals surface area contributed by atoms with Gasteiger partial charge in [0.1, 0.15) is 10.3 Å². The van der Waals surface area contributed by atoms with Crippen molar-refractivity contribution < 1.29 is 0 Å². The molecule has 0 bridgehead atoms. The maximum absolute atomic E-state index is 5.78. The Kier molecular flexibility index (Phi) is 3.09. The van der Waals surface area contributed by atoms with E-state index in [1.807, 2.05) is 0 Å². The first kappa shape index (κ1) is 9.52. The molecule has 0 aliphatic heterocycles. The van der Waals surface area contributed by atoms with Crippen molar-refractivity contribution in [1.29, 1.82) is 0 Å². The molecule has 1 rings (SSSR count). The van der Waals surface area contributed by atoms with Crippen molar-refractivity contribution in [2.45, 2.75) is 6.04 Å². The highest BCUT2D eigenvalue weighted by molar-refractivity contribution is 6.32. The zero-order valence-corrected chi connectivity index (χ0v) is 7.81. The number of nitrogens with two attached hydrogens (primary N) is 1. The van der Waals surface area contributed by atoms with E-state index >= 15 is 0 Å². The lowest BCUT2D eigenvalue weighted by Gasteiger charge is -2.07. The van der Waals surface area contributed by atoms with Gasteiger partial charge in [0.25, 0.3) is 0 Å². The summed E-state index contributed by atoms with van der Waals surface area (Å²) in [5.41, 5.74) is 6.39. The monoisotopic (exact) mass is 202 g/mol. The van der Waals surface area contributed by atoms with Gasteiger partial charge in [-0.15, -0.1) is 6.58 Å². The van der Waals surface area contributed by atoms with Gasteiger partial charge in [-0.25, -0.2) is 4.98 Å². The molecule has 0 amide bonds. The van der Waals surface area contributed by atoms with Gasteiger partial charge in [0.2, 0.25) is 0 Å². The highest BCUT2D eigenvalue weighted by Crippen LogP contribution is 2.21. The molecule has 1 atom stereocenters. The van der Waals surface area contributed by atoms with Gasteiger partial charge in [0.15, 0.2) is 0 Å². The summed E-state index contributed by atoms with van der Waals surface area (Å²) < 4.78 is 0. The van der Waals surface area contributed by atoms with Gasteiger partial charge in [0, 0.05) is 5.56 Å². The topological polar surface area (TPSA) is 38.9 Å². The number of aromatic nitrogens is 1. The van der Waals surface area contributed by atoms with E-state index in [1.54, 1.807) is 18.2 Å². The summed E-state index contributed by atoms with van der Waals surface area (Å²) in [6.45, 7) is 3.56. The smallest absolute Gasteiger partial charge is 0.135 e. The van der Waals surface area contributed by atoms with Crippen LogP contribution in [0.4, 0.5) is 0 Å². The van der Waals surface area contributed by atoms with Crippen LogP contribution in [0.5, 0.6) is 0 Å². The molecule has 1 aromatic heterocycles. The summed E-state index contributed by atoms with van der Waals surface area (Å²) in [7, 11) is 0. The molecule has 1 heterocycles. The fraction of sp³-hybridized carbons (Fsp3) is 0.125. The Bertz CT molecular complexity index is 299. The molecule has 0 fully saturated rings. The molecule has 64 valence electrons. The highest BCUT2D eigenvalue weighted by Gasteiger charge is 2.07. The lowest BCUT2D eigenvalue weighted by molar-refractivity contribution is 0.904. The van der Waals surface area contributed by atoms with Crippen LogP contribution in [-0.2, 0) is 0 Å². The van der Waals surface area contributed by atoms with E-state index in [1.165, 1.54) is 0 Å². The van der Waals surface area contributed by atoms with Gasteiger partial charge in [-0.05, 0) is 6.07 Å². The first-order valence-electron chi connectivity index (χ1n) is 3.35. The lowest BCUT2D eigenvalue weighted by Crippen LogP contribution is -2.07. The molecule has 1 aromatic rings. The zero-order chi connectivity index (χ0) is 9.14. The largest absolute Gasteiger partial charge is 0.321 e. The molecule has 1 unspecified atom stereocenters. The number of pyridine rings is 1. The standard InChI is InChI=1S/C8H8Cl2N2/c1-2-6(11)5-3-4-7(9)12-8(5)10/h2-4,6H,1,11H2. The number of halogens is 2. The Balaban J connectivity index is 3.09. The van der Waals surface area contributed by atoms with Gasteiger partial charge in [0.05, 0.1) is 6.04 Å². The van der Waals surface area contributed by atoms with Gasteiger partial charge in [-0.3, -0.25) is 0 Å². The van der Waals surface area contributed by atoms with E-state index in [0.29, 0.717) is 10.3 Å². The first-order valence-corrected chi connectivity index (χ1v) is 4.11. The molecule has 12 heavy (non-hydrogen) atoms. The Labute approximate surface area is 81.0 Å². The molecule has 0 aliphatic carbocycles. The average Bonchev–Trinajstić information content (AvgIpc) is 2.03. The summed E-state index contributed by atoms with van der Waals surface area (Å²) in [6.07, 6.45) is 1.59. The van der Waals surface area contributed by atoms with Crippen LogP contribution in [0.1, 0.15) is 11.6 Å². The quantitative estimate of drug-likeness (QED) is 0.592. The van der Waals surface area contributed by atoms with Gasteiger partial charge in [-0.2, -0.15) is 0 Å². The summed E-state index contributed by atoms with van der Waals surface area (Å²) in [4.78, 5) is 3.85. The van der Waals surface area contributed by atoms with Crippen LogP contribution in [0.15, 0.2) is 24.8 Å². The van der Waals surface area contributed by atoms with Crippen LogP contribution in [0.3, 0.4) is 0 Å². The van der Waals surface area contributed by atoms with Crippen LogP contribution in [0.2, 0.25) is 10.3 Å². The number of nitrogens with zero attached hydrogens (tertiary/aromatic N) is 1. The zero-order valence-electron chi connectivity index (χ0n) is 6.30. The van der Waals surface area contributed by atoms with Gasteiger partial charge < -0.3 is 5.73 Å². The normalized spacial score (nSPS) is 12.6. The Morgan fingerprint density at radius 3 is 2.67 bits per heavy atom. The SMILES string of the molecule is C=CC(N)c1ccc(Cl)nc1Cl. The molecule has 0 aliphatic rings. The lowest BCUT2D eigenvalue weighted by atomic mass is 10.1. The summed E-state index contributed by atoms with van der Waals surface area (Å²) in [6, 6.07) is 3.10. The first-order chi connectivity index (χ1) is 5.65. The van der Waals surface area contributed by atoms with Crippen LogP contribution in [-0.4, -0.2) is 4.98 Å². The summed E-state index contributed by atoms with van der Waals surface area (Å²) in [5.74, 6) is 0. The highest BCUT2D eigenvalue weighted by atomic mass is 35.5. The molecule has 4 heteroatoms. The van der Waals surface area contributed by atoms with E-state index in [4.69, 9.17) is 28.9 Å². The van der Waals surface area contributed by atoms with Crippen LogP contribution < -0.4 is 5.73 Å². The average molecular weight is 203 g/mol. The minimum absolute atomic E-state index is 0.290. The van der Waals surface area contributed by atoms with E-state index in [0.717, 1.165) is 5.56 Å². The minimum Gasteiger partial charge on any atom is -0.321 e. The predicted molar refractivity (Wildman–Crippen MR) is 51.4 cm³/mol. The van der Waals surface area contributed by atoms with E-state index in [2.05, 4.69) is 11.6 Å². The molecule has 2 N–H and O–H groups in total. The second-order valence-corrected chi connectivity index (χ2v) is 3.02. The van der Waals surface area contributed by atoms with Crippen LogP contribution in [0, 0.1) is 0 Å². The maximum atomic E-state index is 5.78. The Morgan fingerprint density at radius 1 is 1.50 bits per heavy atom. The van der Waals surface area contributed by atoms with E-state index in [-0.39, 0.29) is 6.04 Å². The number of hydrogen-bond donors (Lipinski definition) is 1. The van der Waals surface area contributed by atoms with Gasteiger partial charge in [-0.1, -0.05) is 35.3 Å². The van der Waals surface area contributed by atoms with Crippen molar-refractivity contribution in [3.05, 3.63) is 40.7 Å². The second-order valence-electron chi connectivity index (χ2n) is 2.28. The molecular formula is C8H8Cl2N2. The van der Waals surface area contributed by atoms with Crippen molar-refractivity contribution >= 4 is 23.2 Å². The third-order valence-electron chi connectivity index (χ3n) is 1.46. The van der Waals surface area contributed by atoms with Gasteiger partial charge >= 0.3 is 0 Å². The third kappa shape index (κ3) is 1.97. The summed E-state index contributed by atoms with van der Waals surface area (Å²) >= 11 is 11.4. The second kappa shape index (κ2) is 3.90. The number of rotatable bonds is 2. The minimum atomic E-state index is -0.290. The Hall–Kier alpha value is -0.570. The van der Waals surface area contributed by atoms with E-state index < -0.39 is 0 Å². The molecule has 0 radical (unpaired) electrons. The van der Waals surface area contributed by atoms with Crippen LogP contribution in [0.25, 0.3) is 0 Å². The predicted octanol–water partition coefficient (Wildman–Crippen LogP) is 2.57. The molecule has 2 nitrogen and oxygen atoms in total. The third-order valence-corrected chi connectivity index (χ3v) is 1.97. The van der Waals surface area contributed by atoms with Crippen molar-refractivity contribution in [3.63, 3.8) is 0 Å². The van der Waals surface area contributed by atoms with E-state index in [9.17, 15) is 0 Å². The molecular weight excluding hydrogens is 195 g/mol. The fourth-order valence-electron chi connectivity index (χ4n) is 0.799. The molecule has 0 saturated carbocycles. The van der Waals surface area contributed by atoms with Crippen molar-refractivity contribution in [3.8, 4) is 0 Å².